The van der Waals surface area contributed by atoms with Crippen molar-refractivity contribution >= 4 is 0 Å². The lowest BCUT2D eigenvalue weighted by Crippen LogP contribution is -2.37. The fourth-order valence-corrected chi connectivity index (χ4v) is 6.65. The maximum absolute atomic E-state index is 6.25. The molecule has 2 saturated carbocycles. The molecule has 0 radical (unpaired) electrons. The highest BCUT2D eigenvalue weighted by atomic mass is 16.5. The SMILES string of the molecule is CCCCCOC1CCC2CC(C3CCc4cc(OCCCC)ccc4C3)CCC2C1. The van der Waals surface area contributed by atoms with Crippen molar-refractivity contribution < 1.29 is 9.47 Å². The van der Waals surface area contributed by atoms with Crippen LogP contribution in [0.25, 0.3) is 0 Å². The van der Waals surface area contributed by atoms with Crippen LogP contribution in [0.5, 0.6) is 5.75 Å². The van der Waals surface area contributed by atoms with Crippen molar-refractivity contribution in [3.8, 4) is 5.75 Å². The van der Waals surface area contributed by atoms with E-state index >= 15 is 0 Å². The van der Waals surface area contributed by atoms with Crippen molar-refractivity contribution in [1.82, 2.24) is 0 Å². The number of rotatable bonds is 10. The predicted molar refractivity (Wildman–Crippen MR) is 130 cm³/mol. The summed E-state index contributed by atoms with van der Waals surface area (Å²) in [6.07, 6.45) is 19.2. The van der Waals surface area contributed by atoms with Crippen molar-refractivity contribution in [2.75, 3.05) is 13.2 Å². The van der Waals surface area contributed by atoms with Gasteiger partial charge in [0, 0.05) is 6.61 Å². The third-order valence-electron chi connectivity index (χ3n) is 8.58. The molecule has 174 valence electrons. The second kappa shape index (κ2) is 11.7. The van der Waals surface area contributed by atoms with Gasteiger partial charge in [-0.25, -0.2) is 0 Å². The Hall–Kier alpha value is -1.02. The number of fused-ring (bicyclic) bond motifs is 2. The fraction of sp³-hybridized carbons (Fsp3) is 0.793. The van der Waals surface area contributed by atoms with E-state index in [1.165, 1.54) is 83.5 Å². The van der Waals surface area contributed by atoms with Crippen LogP contribution in [-0.2, 0) is 17.6 Å². The standard InChI is InChI=1S/C29H46O2/c1-3-5-7-17-31-29-15-13-25-19-23(9-11-27(25)21-29)22-8-10-26-20-28(30-16-6-4-2)14-12-24(26)18-22/h12,14,20,22-23,25,27,29H,3-11,13,15-19,21H2,1-2H3. The first-order chi connectivity index (χ1) is 15.3. The van der Waals surface area contributed by atoms with Crippen LogP contribution in [0.4, 0.5) is 0 Å². The van der Waals surface area contributed by atoms with Crippen LogP contribution in [0.1, 0.15) is 102 Å². The number of ether oxygens (including phenoxy) is 2. The minimum Gasteiger partial charge on any atom is -0.494 e. The Bertz CT molecular complexity index is 669. The van der Waals surface area contributed by atoms with Crippen LogP contribution in [0.3, 0.4) is 0 Å². The summed E-state index contributed by atoms with van der Waals surface area (Å²) < 4.78 is 12.2. The van der Waals surface area contributed by atoms with Gasteiger partial charge in [-0.2, -0.15) is 0 Å². The Kier molecular flexibility index (Phi) is 8.76. The molecule has 2 nitrogen and oxygen atoms in total. The quantitative estimate of drug-likeness (QED) is 0.356. The lowest BCUT2D eigenvalue weighted by atomic mass is 9.62. The minimum atomic E-state index is 0.560. The topological polar surface area (TPSA) is 18.5 Å². The lowest BCUT2D eigenvalue weighted by Gasteiger charge is -2.45. The number of benzene rings is 1. The molecule has 1 aromatic rings. The Morgan fingerprint density at radius 2 is 1.52 bits per heavy atom. The molecule has 0 saturated heterocycles. The third kappa shape index (κ3) is 6.28. The van der Waals surface area contributed by atoms with E-state index in [1.807, 2.05) is 0 Å². The summed E-state index contributed by atoms with van der Waals surface area (Å²) in [5, 5.41) is 0. The summed E-state index contributed by atoms with van der Waals surface area (Å²) in [4.78, 5) is 0. The molecule has 2 fully saturated rings. The van der Waals surface area contributed by atoms with E-state index < -0.39 is 0 Å². The highest BCUT2D eigenvalue weighted by Crippen LogP contribution is 2.47. The summed E-state index contributed by atoms with van der Waals surface area (Å²) >= 11 is 0. The molecule has 0 heterocycles. The molecule has 4 rings (SSSR count). The van der Waals surface area contributed by atoms with Gasteiger partial charge in [0.2, 0.25) is 0 Å². The second-order valence-electron chi connectivity index (χ2n) is 10.7. The van der Waals surface area contributed by atoms with Gasteiger partial charge in [-0.15, -0.1) is 0 Å². The zero-order valence-corrected chi connectivity index (χ0v) is 20.2. The molecule has 2 heteroatoms. The molecular formula is C29H46O2. The Labute approximate surface area is 191 Å². The Morgan fingerprint density at radius 3 is 2.35 bits per heavy atom. The first-order valence-corrected chi connectivity index (χ1v) is 13.6. The molecule has 3 aliphatic rings. The zero-order valence-electron chi connectivity index (χ0n) is 20.2. The van der Waals surface area contributed by atoms with Crippen molar-refractivity contribution in [3.63, 3.8) is 0 Å². The second-order valence-corrected chi connectivity index (χ2v) is 10.7. The number of unbranched alkanes of at least 4 members (excludes halogenated alkanes) is 3. The van der Waals surface area contributed by atoms with Gasteiger partial charge in [0.25, 0.3) is 0 Å². The van der Waals surface area contributed by atoms with E-state index in [2.05, 4.69) is 32.0 Å². The molecule has 0 aliphatic heterocycles. The molecule has 0 spiro atoms. The summed E-state index contributed by atoms with van der Waals surface area (Å²) in [6.45, 7) is 6.34. The monoisotopic (exact) mass is 426 g/mol. The van der Waals surface area contributed by atoms with Crippen molar-refractivity contribution in [2.24, 2.45) is 23.7 Å². The van der Waals surface area contributed by atoms with Crippen LogP contribution in [0.15, 0.2) is 18.2 Å². The van der Waals surface area contributed by atoms with Crippen molar-refractivity contribution in [3.05, 3.63) is 29.3 Å². The fourth-order valence-electron chi connectivity index (χ4n) is 6.65. The number of hydrogen-bond donors (Lipinski definition) is 0. The molecule has 5 unspecified atom stereocenters. The summed E-state index contributed by atoms with van der Waals surface area (Å²) in [5.41, 5.74) is 3.16. The van der Waals surface area contributed by atoms with E-state index in [0.717, 1.165) is 49.1 Å². The van der Waals surface area contributed by atoms with Crippen molar-refractivity contribution in [2.45, 2.75) is 110 Å². The molecule has 0 amide bonds. The van der Waals surface area contributed by atoms with E-state index in [1.54, 1.807) is 11.1 Å². The highest BCUT2D eigenvalue weighted by Gasteiger charge is 2.38. The van der Waals surface area contributed by atoms with Crippen LogP contribution in [0.2, 0.25) is 0 Å². The molecule has 31 heavy (non-hydrogen) atoms. The van der Waals surface area contributed by atoms with Crippen LogP contribution in [0, 0.1) is 23.7 Å². The lowest BCUT2D eigenvalue weighted by molar-refractivity contribution is -0.0249. The first-order valence-electron chi connectivity index (χ1n) is 13.6. The van der Waals surface area contributed by atoms with Crippen molar-refractivity contribution in [1.29, 1.82) is 0 Å². The van der Waals surface area contributed by atoms with Gasteiger partial charge in [-0.05, 0) is 118 Å². The Morgan fingerprint density at radius 1 is 0.742 bits per heavy atom. The normalized spacial score (nSPS) is 30.5. The van der Waals surface area contributed by atoms with Crippen LogP contribution in [-0.4, -0.2) is 19.3 Å². The van der Waals surface area contributed by atoms with Crippen LogP contribution >= 0.6 is 0 Å². The van der Waals surface area contributed by atoms with Gasteiger partial charge >= 0.3 is 0 Å². The first kappa shape index (κ1) is 23.1. The molecule has 5 atom stereocenters. The largest absolute Gasteiger partial charge is 0.494 e. The highest BCUT2D eigenvalue weighted by molar-refractivity contribution is 5.37. The molecule has 0 N–H and O–H groups in total. The Balaban J connectivity index is 1.24. The van der Waals surface area contributed by atoms with Gasteiger partial charge in [-0.3, -0.25) is 0 Å². The van der Waals surface area contributed by atoms with E-state index in [4.69, 9.17) is 9.47 Å². The molecule has 1 aromatic carbocycles. The van der Waals surface area contributed by atoms with Gasteiger partial charge in [-0.1, -0.05) is 39.2 Å². The summed E-state index contributed by atoms with van der Waals surface area (Å²) in [5.74, 6) is 4.87. The average Bonchev–Trinajstić information content (AvgIpc) is 2.81. The maximum Gasteiger partial charge on any atom is 0.119 e. The van der Waals surface area contributed by atoms with Gasteiger partial charge < -0.3 is 9.47 Å². The van der Waals surface area contributed by atoms with Gasteiger partial charge in [0.05, 0.1) is 12.7 Å². The molecule has 0 aromatic heterocycles. The predicted octanol–water partition coefficient (Wildman–Crippen LogP) is 7.76. The third-order valence-corrected chi connectivity index (χ3v) is 8.58. The summed E-state index contributed by atoms with van der Waals surface area (Å²) in [7, 11) is 0. The smallest absolute Gasteiger partial charge is 0.119 e. The molecular weight excluding hydrogens is 380 g/mol. The number of aryl methyl sites for hydroxylation is 1. The van der Waals surface area contributed by atoms with Gasteiger partial charge in [0.15, 0.2) is 0 Å². The zero-order chi connectivity index (χ0) is 21.5. The minimum absolute atomic E-state index is 0.560. The van der Waals surface area contributed by atoms with Gasteiger partial charge in [0.1, 0.15) is 5.75 Å². The molecule has 3 aliphatic carbocycles. The summed E-state index contributed by atoms with van der Waals surface area (Å²) in [6, 6.07) is 6.92. The van der Waals surface area contributed by atoms with E-state index in [9.17, 15) is 0 Å². The van der Waals surface area contributed by atoms with E-state index in [0.29, 0.717) is 6.10 Å². The number of hydrogen-bond acceptors (Lipinski definition) is 2. The average molecular weight is 427 g/mol. The van der Waals surface area contributed by atoms with Crippen LogP contribution < -0.4 is 4.74 Å². The van der Waals surface area contributed by atoms with E-state index in [-0.39, 0.29) is 0 Å². The molecule has 0 bridgehead atoms. The maximum atomic E-state index is 6.25.